The summed E-state index contributed by atoms with van der Waals surface area (Å²) >= 11 is 0. The van der Waals surface area contributed by atoms with Crippen molar-refractivity contribution < 1.29 is 25.2 Å². The lowest BCUT2D eigenvalue weighted by Gasteiger charge is -2.13. The quantitative estimate of drug-likeness (QED) is 0.351. The highest BCUT2D eigenvalue weighted by molar-refractivity contribution is 4.91. The van der Waals surface area contributed by atoms with Crippen molar-refractivity contribution in [1.82, 2.24) is 14.8 Å². The average Bonchev–Trinajstić information content (AvgIpc) is 2.87. The SMILES string of the molecule is NC(O)c1ncn([C@H]2O[C@@H](CO)[C@H](O)[C@@H]2O)n1. The molecular weight excluding hydrogens is 232 g/mol. The van der Waals surface area contributed by atoms with E-state index in [1.807, 2.05) is 0 Å². The molecule has 96 valence electrons. The molecule has 1 aliphatic heterocycles. The molecule has 1 aromatic heterocycles. The highest BCUT2D eigenvalue weighted by Gasteiger charge is 2.43. The molecule has 0 saturated carbocycles. The topological polar surface area (TPSA) is 147 Å². The van der Waals surface area contributed by atoms with Crippen LogP contribution in [0.25, 0.3) is 0 Å². The van der Waals surface area contributed by atoms with E-state index in [-0.39, 0.29) is 5.82 Å². The summed E-state index contributed by atoms with van der Waals surface area (Å²) in [5.74, 6) is -0.0252. The summed E-state index contributed by atoms with van der Waals surface area (Å²) in [7, 11) is 0. The lowest BCUT2D eigenvalue weighted by atomic mass is 10.1. The van der Waals surface area contributed by atoms with Crippen LogP contribution < -0.4 is 5.73 Å². The second-order valence-corrected chi connectivity index (χ2v) is 3.76. The van der Waals surface area contributed by atoms with Gasteiger partial charge in [0.15, 0.2) is 18.3 Å². The third-order valence-electron chi connectivity index (χ3n) is 2.57. The molecule has 1 unspecified atom stereocenters. The van der Waals surface area contributed by atoms with Gasteiger partial charge in [0.25, 0.3) is 0 Å². The number of aliphatic hydroxyl groups is 4. The standard InChI is InChI=1S/C8H14N4O5/c9-6(16)7-10-2-12(11-7)8-5(15)4(14)3(1-13)17-8/h2-6,8,13-16H,1,9H2/t3-,4-,5-,6?,8-/m0/s1. The Balaban J connectivity index is 2.17. The van der Waals surface area contributed by atoms with Crippen molar-refractivity contribution in [1.29, 1.82) is 0 Å². The van der Waals surface area contributed by atoms with Gasteiger partial charge in [-0.15, -0.1) is 5.10 Å². The molecule has 1 aliphatic rings. The van der Waals surface area contributed by atoms with E-state index in [0.29, 0.717) is 0 Å². The van der Waals surface area contributed by atoms with Crippen LogP contribution in [-0.2, 0) is 4.74 Å². The van der Waals surface area contributed by atoms with Gasteiger partial charge in [0.2, 0.25) is 0 Å². The minimum atomic E-state index is -1.33. The molecule has 0 amide bonds. The molecule has 0 aromatic carbocycles. The summed E-state index contributed by atoms with van der Waals surface area (Å²) in [6, 6.07) is 0. The van der Waals surface area contributed by atoms with E-state index in [4.69, 9.17) is 20.7 Å². The maximum absolute atomic E-state index is 9.69. The van der Waals surface area contributed by atoms with Gasteiger partial charge in [0.1, 0.15) is 24.6 Å². The molecule has 2 rings (SSSR count). The summed E-state index contributed by atoms with van der Waals surface area (Å²) in [6.45, 7) is -0.421. The largest absolute Gasteiger partial charge is 0.394 e. The molecule has 0 spiro atoms. The monoisotopic (exact) mass is 246 g/mol. The van der Waals surface area contributed by atoms with E-state index in [1.165, 1.54) is 6.33 Å². The second-order valence-electron chi connectivity index (χ2n) is 3.76. The Hall–Kier alpha value is -1.10. The smallest absolute Gasteiger partial charge is 0.194 e. The molecular formula is C8H14N4O5. The normalized spacial score (nSPS) is 35.1. The zero-order chi connectivity index (χ0) is 12.6. The predicted molar refractivity (Wildman–Crippen MR) is 52.2 cm³/mol. The Morgan fingerprint density at radius 2 is 2.18 bits per heavy atom. The fraction of sp³-hybridized carbons (Fsp3) is 0.750. The molecule has 1 saturated heterocycles. The van der Waals surface area contributed by atoms with Crippen molar-refractivity contribution in [2.75, 3.05) is 6.61 Å². The fourth-order valence-electron chi connectivity index (χ4n) is 1.64. The van der Waals surface area contributed by atoms with Crippen LogP contribution in [0.2, 0.25) is 0 Å². The first kappa shape index (κ1) is 12.4. The summed E-state index contributed by atoms with van der Waals surface area (Å²) < 4.78 is 6.34. The highest BCUT2D eigenvalue weighted by Crippen LogP contribution is 2.28. The highest BCUT2D eigenvalue weighted by atomic mass is 16.6. The van der Waals surface area contributed by atoms with Crippen LogP contribution >= 0.6 is 0 Å². The van der Waals surface area contributed by atoms with E-state index in [9.17, 15) is 10.2 Å². The first-order chi connectivity index (χ1) is 8.04. The lowest BCUT2D eigenvalue weighted by Crippen LogP contribution is -2.33. The average molecular weight is 246 g/mol. The van der Waals surface area contributed by atoms with E-state index in [0.717, 1.165) is 4.68 Å². The van der Waals surface area contributed by atoms with Crippen LogP contribution in [0.15, 0.2) is 6.33 Å². The van der Waals surface area contributed by atoms with Gasteiger partial charge in [-0.3, -0.25) is 5.73 Å². The van der Waals surface area contributed by atoms with Crippen molar-refractivity contribution in [3.63, 3.8) is 0 Å². The number of aliphatic hydroxyl groups excluding tert-OH is 4. The Kier molecular flexibility index (Phi) is 3.38. The van der Waals surface area contributed by atoms with E-state index >= 15 is 0 Å². The van der Waals surface area contributed by atoms with Crippen molar-refractivity contribution in [3.05, 3.63) is 12.2 Å². The van der Waals surface area contributed by atoms with Crippen LogP contribution in [-0.4, -0.2) is 60.1 Å². The van der Waals surface area contributed by atoms with Crippen LogP contribution in [0.5, 0.6) is 0 Å². The second kappa shape index (κ2) is 4.64. The Morgan fingerprint density at radius 3 is 2.65 bits per heavy atom. The van der Waals surface area contributed by atoms with Crippen LogP contribution in [0.3, 0.4) is 0 Å². The zero-order valence-electron chi connectivity index (χ0n) is 8.79. The molecule has 0 radical (unpaired) electrons. The van der Waals surface area contributed by atoms with Gasteiger partial charge in [0.05, 0.1) is 6.61 Å². The van der Waals surface area contributed by atoms with Gasteiger partial charge in [-0.2, -0.15) is 0 Å². The minimum Gasteiger partial charge on any atom is -0.394 e. The molecule has 9 heteroatoms. The third kappa shape index (κ3) is 2.16. The number of nitrogens with two attached hydrogens (primary N) is 1. The number of rotatable bonds is 3. The number of ether oxygens (including phenoxy) is 1. The zero-order valence-corrected chi connectivity index (χ0v) is 8.79. The van der Waals surface area contributed by atoms with Crippen LogP contribution in [0.4, 0.5) is 0 Å². The van der Waals surface area contributed by atoms with Crippen molar-refractivity contribution >= 4 is 0 Å². The molecule has 2 heterocycles. The maximum Gasteiger partial charge on any atom is 0.194 e. The van der Waals surface area contributed by atoms with E-state index in [2.05, 4.69) is 10.1 Å². The van der Waals surface area contributed by atoms with Gasteiger partial charge in [-0.1, -0.05) is 0 Å². The Morgan fingerprint density at radius 1 is 1.47 bits per heavy atom. The Bertz CT molecular complexity index is 384. The van der Waals surface area contributed by atoms with Crippen molar-refractivity contribution in [2.45, 2.75) is 30.8 Å². The minimum absolute atomic E-state index is 0.0252. The van der Waals surface area contributed by atoms with Crippen LogP contribution in [0, 0.1) is 0 Å². The first-order valence-electron chi connectivity index (χ1n) is 5.01. The summed E-state index contributed by atoms with van der Waals surface area (Å²) in [6.07, 6.45) is -4.41. The number of nitrogens with zero attached hydrogens (tertiary/aromatic N) is 3. The summed E-state index contributed by atoms with van der Waals surface area (Å²) in [5.41, 5.74) is 5.17. The van der Waals surface area contributed by atoms with Crippen molar-refractivity contribution in [2.24, 2.45) is 5.73 Å². The van der Waals surface area contributed by atoms with Gasteiger partial charge in [-0.05, 0) is 0 Å². The van der Waals surface area contributed by atoms with Gasteiger partial charge >= 0.3 is 0 Å². The van der Waals surface area contributed by atoms with E-state index < -0.39 is 37.4 Å². The summed E-state index contributed by atoms with van der Waals surface area (Å²) in [4.78, 5) is 3.71. The molecule has 5 atom stereocenters. The number of aromatic nitrogens is 3. The Labute approximate surface area is 96.1 Å². The maximum atomic E-state index is 9.69. The summed E-state index contributed by atoms with van der Waals surface area (Å²) in [5, 5.41) is 41.0. The first-order valence-corrected chi connectivity index (χ1v) is 5.01. The van der Waals surface area contributed by atoms with Gasteiger partial charge in [-0.25, -0.2) is 9.67 Å². The molecule has 1 fully saturated rings. The molecule has 6 N–H and O–H groups in total. The predicted octanol–water partition coefficient (Wildman–Crippen LogP) is -3.16. The van der Waals surface area contributed by atoms with E-state index in [1.54, 1.807) is 0 Å². The van der Waals surface area contributed by atoms with Gasteiger partial charge < -0.3 is 25.2 Å². The number of hydrogen-bond acceptors (Lipinski definition) is 8. The third-order valence-corrected chi connectivity index (χ3v) is 2.57. The molecule has 1 aromatic rings. The van der Waals surface area contributed by atoms with Crippen molar-refractivity contribution in [3.8, 4) is 0 Å². The van der Waals surface area contributed by atoms with Gasteiger partial charge in [0, 0.05) is 0 Å². The molecule has 17 heavy (non-hydrogen) atoms. The van der Waals surface area contributed by atoms with Crippen LogP contribution in [0.1, 0.15) is 18.3 Å². The fourth-order valence-corrected chi connectivity index (χ4v) is 1.64. The molecule has 0 bridgehead atoms. The lowest BCUT2D eigenvalue weighted by molar-refractivity contribution is -0.0591. The number of hydrogen-bond donors (Lipinski definition) is 5. The molecule has 9 nitrogen and oxygen atoms in total. The molecule has 0 aliphatic carbocycles.